The van der Waals surface area contributed by atoms with E-state index in [4.69, 9.17) is 0 Å². The molecular formula is C28H35N3O4S. The van der Waals surface area contributed by atoms with Crippen molar-refractivity contribution in [1.82, 2.24) is 14.2 Å². The second-order valence-corrected chi connectivity index (χ2v) is 11.5. The van der Waals surface area contributed by atoms with Crippen molar-refractivity contribution in [1.29, 1.82) is 0 Å². The largest absolute Gasteiger partial charge is 0.349 e. The van der Waals surface area contributed by atoms with Crippen LogP contribution in [0.2, 0.25) is 0 Å². The number of aryl methyl sites for hydroxylation is 2. The second-order valence-electron chi connectivity index (χ2n) is 9.55. The van der Waals surface area contributed by atoms with Crippen LogP contribution in [0.25, 0.3) is 10.9 Å². The van der Waals surface area contributed by atoms with Gasteiger partial charge >= 0.3 is 0 Å². The van der Waals surface area contributed by atoms with Gasteiger partial charge in [-0.1, -0.05) is 43.2 Å². The average Bonchev–Trinajstić information content (AvgIpc) is 3.18. The summed E-state index contributed by atoms with van der Waals surface area (Å²) in [6.07, 6.45) is 6.85. The van der Waals surface area contributed by atoms with Crippen molar-refractivity contribution in [2.75, 3.05) is 13.1 Å². The van der Waals surface area contributed by atoms with E-state index in [0.29, 0.717) is 25.2 Å². The van der Waals surface area contributed by atoms with Gasteiger partial charge in [-0.05, 0) is 63.3 Å². The maximum Gasteiger partial charge on any atom is 0.256 e. The Hall–Kier alpha value is -2.97. The molecule has 0 bridgehead atoms. The lowest BCUT2D eigenvalue weighted by molar-refractivity contribution is 0.0937. The summed E-state index contributed by atoms with van der Waals surface area (Å²) in [7, 11) is -3.71. The summed E-state index contributed by atoms with van der Waals surface area (Å²) in [5.74, 6) is -0.439. The van der Waals surface area contributed by atoms with E-state index in [9.17, 15) is 18.0 Å². The number of aromatic nitrogens is 1. The third-order valence-electron chi connectivity index (χ3n) is 6.93. The van der Waals surface area contributed by atoms with Crippen molar-refractivity contribution >= 4 is 26.8 Å². The summed E-state index contributed by atoms with van der Waals surface area (Å²) in [6, 6.07) is 14.6. The van der Waals surface area contributed by atoms with Crippen LogP contribution >= 0.6 is 0 Å². The summed E-state index contributed by atoms with van der Waals surface area (Å²) in [5, 5.41) is 3.20. The van der Waals surface area contributed by atoms with E-state index < -0.39 is 21.4 Å². The Balaban J connectivity index is 1.62. The SMILES string of the molecule is CCn1cc(C(=O)NC(C)CCc2ccccc2)c(=O)c2cc(S(=O)(=O)N3CCCCCC3)ccc21. The number of nitrogens with one attached hydrogen (secondary N) is 1. The highest BCUT2D eigenvalue weighted by Crippen LogP contribution is 2.23. The maximum absolute atomic E-state index is 13.4. The van der Waals surface area contributed by atoms with E-state index in [-0.39, 0.29) is 21.9 Å². The molecule has 1 atom stereocenters. The van der Waals surface area contributed by atoms with Crippen molar-refractivity contribution < 1.29 is 13.2 Å². The predicted octanol–water partition coefficient (Wildman–Crippen LogP) is 4.34. The van der Waals surface area contributed by atoms with Gasteiger partial charge in [0.25, 0.3) is 5.91 Å². The Morgan fingerprint density at radius 3 is 2.39 bits per heavy atom. The third kappa shape index (κ3) is 5.71. The van der Waals surface area contributed by atoms with Crippen LogP contribution in [0.3, 0.4) is 0 Å². The van der Waals surface area contributed by atoms with Crippen molar-refractivity contribution in [3.05, 3.63) is 76.1 Å². The molecule has 0 radical (unpaired) electrons. The molecule has 1 amide bonds. The highest BCUT2D eigenvalue weighted by molar-refractivity contribution is 7.89. The van der Waals surface area contributed by atoms with Gasteiger partial charge in [-0.25, -0.2) is 8.42 Å². The van der Waals surface area contributed by atoms with Gasteiger partial charge in [-0.15, -0.1) is 0 Å². The fourth-order valence-electron chi connectivity index (χ4n) is 4.79. The number of hydrogen-bond acceptors (Lipinski definition) is 4. The lowest BCUT2D eigenvalue weighted by Gasteiger charge is -2.20. The third-order valence-corrected chi connectivity index (χ3v) is 8.82. The van der Waals surface area contributed by atoms with Crippen molar-refractivity contribution in [2.45, 2.75) is 69.9 Å². The van der Waals surface area contributed by atoms with Crippen LogP contribution < -0.4 is 10.7 Å². The number of hydrogen-bond donors (Lipinski definition) is 1. The molecule has 4 rings (SSSR count). The number of rotatable bonds is 8. The monoisotopic (exact) mass is 509 g/mol. The minimum absolute atomic E-state index is 0.0280. The molecule has 2 aromatic carbocycles. The Labute approximate surface area is 213 Å². The molecular weight excluding hydrogens is 474 g/mol. The minimum Gasteiger partial charge on any atom is -0.349 e. The second kappa shape index (κ2) is 11.4. The van der Waals surface area contributed by atoms with Gasteiger partial charge in [-0.2, -0.15) is 4.31 Å². The van der Waals surface area contributed by atoms with Crippen LogP contribution in [0.1, 0.15) is 61.9 Å². The van der Waals surface area contributed by atoms with Gasteiger partial charge in [0, 0.05) is 37.3 Å². The Bertz CT molecular complexity index is 1380. The van der Waals surface area contributed by atoms with Crippen LogP contribution in [-0.4, -0.2) is 42.3 Å². The van der Waals surface area contributed by atoms with E-state index in [1.165, 1.54) is 15.9 Å². The van der Waals surface area contributed by atoms with Gasteiger partial charge in [0.15, 0.2) is 0 Å². The van der Waals surface area contributed by atoms with Gasteiger partial charge < -0.3 is 9.88 Å². The summed E-state index contributed by atoms with van der Waals surface area (Å²) < 4.78 is 30.0. The first-order valence-electron chi connectivity index (χ1n) is 12.8. The van der Waals surface area contributed by atoms with Crippen LogP contribution in [-0.2, 0) is 23.0 Å². The number of nitrogens with zero attached hydrogens (tertiary/aromatic N) is 2. The Kier molecular flexibility index (Phi) is 8.26. The molecule has 1 saturated heterocycles. The number of pyridine rings is 1. The molecule has 0 spiro atoms. The number of sulfonamides is 1. The summed E-state index contributed by atoms with van der Waals surface area (Å²) in [5.41, 5.74) is 1.39. The fourth-order valence-corrected chi connectivity index (χ4v) is 6.34. The molecule has 192 valence electrons. The van der Waals surface area contributed by atoms with Crippen LogP contribution in [0.4, 0.5) is 0 Å². The molecule has 1 unspecified atom stereocenters. The molecule has 1 N–H and O–H groups in total. The van der Waals surface area contributed by atoms with Crippen LogP contribution in [0.5, 0.6) is 0 Å². The molecule has 1 aliphatic rings. The van der Waals surface area contributed by atoms with Gasteiger partial charge in [0.2, 0.25) is 15.5 Å². The van der Waals surface area contributed by atoms with Gasteiger partial charge in [0.05, 0.1) is 10.4 Å². The molecule has 36 heavy (non-hydrogen) atoms. The zero-order valence-corrected chi connectivity index (χ0v) is 21.9. The Morgan fingerprint density at radius 1 is 1.03 bits per heavy atom. The van der Waals surface area contributed by atoms with Crippen LogP contribution in [0, 0.1) is 0 Å². The molecule has 0 saturated carbocycles. The van der Waals surface area contributed by atoms with E-state index in [1.807, 2.05) is 36.6 Å². The zero-order valence-electron chi connectivity index (χ0n) is 21.1. The highest BCUT2D eigenvalue weighted by Gasteiger charge is 2.26. The minimum atomic E-state index is -3.71. The van der Waals surface area contributed by atoms with E-state index in [0.717, 1.165) is 38.5 Å². The predicted molar refractivity (Wildman–Crippen MR) is 143 cm³/mol. The quantitative estimate of drug-likeness (QED) is 0.489. The van der Waals surface area contributed by atoms with Crippen molar-refractivity contribution in [2.24, 2.45) is 0 Å². The summed E-state index contributed by atoms with van der Waals surface area (Å²) >= 11 is 0. The normalized spacial score (nSPS) is 15.9. The maximum atomic E-state index is 13.4. The number of carbonyl (C=O) groups excluding carboxylic acids is 1. The number of carbonyl (C=O) groups is 1. The number of amides is 1. The Morgan fingerprint density at radius 2 is 1.72 bits per heavy atom. The smallest absolute Gasteiger partial charge is 0.256 e. The molecule has 7 nitrogen and oxygen atoms in total. The lowest BCUT2D eigenvalue weighted by atomic mass is 10.1. The van der Waals surface area contributed by atoms with E-state index in [1.54, 1.807) is 18.3 Å². The zero-order chi connectivity index (χ0) is 25.7. The molecule has 2 heterocycles. The number of fused-ring (bicyclic) bond motifs is 1. The highest BCUT2D eigenvalue weighted by atomic mass is 32.2. The summed E-state index contributed by atoms with van der Waals surface area (Å²) in [6.45, 7) is 5.37. The van der Waals surface area contributed by atoms with Crippen molar-refractivity contribution in [3.8, 4) is 0 Å². The summed E-state index contributed by atoms with van der Waals surface area (Å²) in [4.78, 5) is 26.6. The molecule has 8 heteroatoms. The molecule has 1 aromatic heterocycles. The van der Waals surface area contributed by atoms with Crippen LogP contribution in [0.15, 0.2) is 64.4 Å². The molecule has 1 fully saturated rings. The first-order valence-corrected chi connectivity index (χ1v) is 14.3. The molecule has 0 aliphatic carbocycles. The first kappa shape index (κ1) is 26.1. The molecule has 1 aliphatic heterocycles. The van der Waals surface area contributed by atoms with E-state index in [2.05, 4.69) is 17.4 Å². The van der Waals surface area contributed by atoms with E-state index >= 15 is 0 Å². The number of benzene rings is 2. The topological polar surface area (TPSA) is 88.5 Å². The van der Waals surface area contributed by atoms with Crippen molar-refractivity contribution in [3.63, 3.8) is 0 Å². The first-order chi connectivity index (χ1) is 17.3. The average molecular weight is 510 g/mol. The van der Waals surface area contributed by atoms with Gasteiger partial charge in [-0.3, -0.25) is 9.59 Å². The lowest BCUT2D eigenvalue weighted by Crippen LogP contribution is -2.36. The standard InChI is InChI=1S/C28H35N3O4S/c1-3-30-20-25(28(33)29-21(2)13-14-22-11-7-6-8-12-22)27(32)24-19-23(15-16-26(24)30)36(34,35)31-17-9-4-5-10-18-31/h6-8,11-12,15-16,19-21H,3-5,9-10,13-14,17-18H2,1-2H3,(H,29,33). The molecule has 3 aromatic rings. The fraction of sp³-hybridized carbons (Fsp3) is 0.429. The van der Waals surface area contributed by atoms with Gasteiger partial charge in [0.1, 0.15) is 5.56 Å².